The zero-order valence-electron chi connectivity index (χ0n) is 22.3. The molecule has 4 heterocycles. The molecular weight excluding hydrogens is 519 g/mol. The van der Waals surface area contributed by atoms with E-state index in [9.17, 15) is 9.18 Å². The number of hydrogen-bond acceptors (Lipinski definition) is 5. The summed E-state index contributed by atoms with van der Waals surface area (Å²) in [4.78, 5) is 17.7. The maximum absolute atomic E-state index is 15.0. The molecule has 3 N–H and O–H groups in total. The number of amides is 1. The van der Waals surface area contributed by atoms with Crippen molar-refractivity contribution in [3.05, 3.63) is 125 Å². The highest BCUT2D eigenvalue weighted by Crippen LogP contribution is 2.22. The van der Waals surface area contributed by atoms with Gasteiger partial charge in [0.2, 0.25) is 0 Å². The van der Waals surface area contributed by atoms with Crippen LogP contribution >= 0.6 is 0 Å². The van der Waals surface area contributed by atoms with Crippen molar-refractivity contribution in [2.24, 2.45) is 0 Å². The Bertz CT molecular complexity index is 1930. The topological polar surface area (TPSA) is 105 Å². The average Bonchev–Trinajstić information content (AvgIpc) is 3.71. The molecule has 0 fully saturated rings. The molecule has 9 nitrogen and oxygen atoms in total. The number of hydrogen-bond donors (Lipinski definition) is 3. The Morgan fingerprint density at radius 3 is 2.76 bits per heavy atom. The molecule has 0 atom stereocenters. The molecule has 41 heavy (non-hydrogen) atoms. The van der Waals surface area contributed by atoms with Crippen molar-refractivity contribution < 1.29 is 9.18 Å². The molecule has 0 unspecified atom stereocenters. The third kappa shape index (κ3) is 5.55. The lowest BCUT2D eigenvalue weighted by Crippen LogP contribution is -2.15. The first-order valence-electron chi connectivity index (χ1n) is 12.9. The molecule has 0 aliphatic rings. The van der Waals surface area contributed by atoms with E-state index in [-0.39, 0.29) is 5.56 Å². The molecule has 2 aromatic carbocycles. The van der Waals surface area contributed by atoms with Gasteiger partial charge in [0, 0.05) is 36.0 Å². The minimum atomic E-state index is -0.611. The summed E-state index contributed by atoms with van der Waals surface area (Å²) in [6.45, 7) is 4.26. The van der Waals surface area contributed by atoms with Gasteiger partial charge in [-0.05, 0) is 78.9 Å². The van der Waals surface area contributed by atoms with Crippen LogP contribution in [-0.4, -0.2) is 35.3 Å². The molecular formula is C31H25FN8O. The normalized spacial score (nSPS) is 10.8. The van der Waals surface area contributed by atoms with Gasteiger partial charge in [-0.3, -0.25) is 19.0 Å². The lowest BCUT2D eigenvalue weighted by atomic mass is 10.0. The highest BCUT2D eigenvalue weighted by Gasteiger charge is 2.15. The van der Waals surface area contributed by atoms with Crippen molar-refractivity contribution in [1.82, 2.24) is 29.4 Å². The van der Waals surface area contributed by atoms with Crippen molar-refractivity contribution >= 4 is 28.6 Å². The molecule has 0 spiro atoms. The molecule has 4 aromatic heterocycles. The van der Waals surface area contributed by atoms with Crippen LogP contribution in [0.25, 0.3) is 5.65 Å². The summed E-state index contributed by atoms with van der Waals surface area (Å²) in [5, 5.41) is 17.1. The van der Waals surface area contributed by atoms with Crippen molar-refractivity contribution in [3.63, 3.8) is 0 Å². The van der Waals surface area contributed by atoms with Crippen molar-refractivity contribution in [1.29, 1.82) is 0 Å². The zero-order chi connectivity index (χ0) is 28.3. The van der Waals surface area contributed by atoms with Crippen LogP contribution in [0.5, 0.6) is 0 Å². The quantitative estimate of drug-likeness (QED) is 0.242. The summed E-state index contributed by atoms with van der Waals surface area (Å²) in [5.41, 5.74) is 6.55. The third-order valence-electron chi connectivity index (χ3n) is 6.50. The van der Waals surface area contributed by atoms with Gasteiger partial charge in [-0.1, -0.05) is 12.0 Å². The first kappa shape index (κ1) is 25.6. The van der Waals surface area contributed by atoms with E-state index in [1.807, 2.05) is 60.1 Å². The molecule has 6 rings (SSSR count). The third-order valence-corrected chi connectivity index (χ3v) is 6.50. The SMILES string of the molecule is Cc1cc(Cn2cccn2)cc(NC(=O)c2cc(C#Cc3cnc4c(Nc5cn[nH]c5)cccn34)c(C)cc2F)c1. The number of imidazole rings is 1. The van der Waals surface area contributed by atoms with Crippen LogP contribution in [0.3, 0.4) is 0 Å². The predicted molar refractivity (Wildman–Crippen MR) is 155 cm³/mol. The number of nitrogens with zero attached hydrogens (tertiary/aromatic N) is 5. The molecule has 10 heteroatoms. The Balaban J connectivity index is 1.25. The van der Waals surface area contributed by atoms with Crippen LogP contribution in [0, 0.1) is 31.5 Å². The number of rotatable bonds is 6. The Morgan fingerprint density at radius 1 is 1.05 bits per heavy atom. The first-order chi connectivity index (χ1) is 19.9. The fourth-order valence-electron chi connectivity index (χ4n) is 4.59. The van der Waals surface area contributed by atoms with Crippen LogP contribution in [-0.2, 0) is 6.54 Å². The standard InChI is InChI=1S/C31H25FN8O/c1-20-11-22(19-39-9-4-8-36-39)14-24(12-20)38-31(41)27-15-23(21(2)13-28(27)32)6-7-26-18-33-30-29(5-3-10-40(26)30)37-25-16-34-35-17-25/h3-5,8-18,37H,19H2,1-2H3,(H,34,35)(H,38,41). The highest BCUT2D eigenvalue weighted by atomic mass is 19.1. The van der Waals surface area contributed by atoms with Gasteiger partial charge in [0.15, 0.2) is 5.65 Å². The van der Waals surface area contributed by atoms with Gasteiger partial charge in [0.25, 0.3) is 5.91 Å². The Hall–Kier alpha value is -5.69. The maximum Gasteiger partial charge on any atom is 0.258 e. The van der Waals surface area contributed by atoms with Crippen LogP contribution in [0.2, 0.25) is 0 Å². The first-order valence-corrected chi connectivity index (χ1v) is 12.9. The smallest absolute Gasteiger partial charge is 0.258 e. The van der Waals surface area contributed by atoms with Crippen LogP contribution in [0.1, 0.15) is 38.3 Å². The largest absolute Gasteiger partial charge is 0.350 e. The number of aromatic nitrogens is 6. The van der Waals surface area contributed by atoms with Gasteiger partial charge in [-0.15, -0.1) is 0 Å². The summed E-state index contributed by atoms with van der Waals surface area (Å²) >= 11 is 0. The van der Waals surface area contributed by atoms with Gasteiger partial charge in [-0.2, -0.15) is 10.2 Å². The van der Waals surface area contributed by atoms with E-state index in [2.05, 4.69) is 42.8 Å². The van der Waals surface area contributed by atoms with Gasteiger partial charge in [-0.25, -0.2) is 9.37 Å². The van der Waals surface area contributed by atoms with E-state index in [1.165, 1.54) is 12.1 Å². The van der Waals surface area contributed by atoms with Gasteiger partial charge in [0.05, 0.1) is 35.9 Å². The minimum Gasteiger partial charge on any atom is -0.350 e. The molecule has 6 aromatic rings. The number of carbonyl (C=O) groups excluding carboxylic acids is 1. The fourth-order valence-corrected chi connectivity index (χ4v) is 4.59. The molecule has 0 radical (unpaired) electrons. The Morgan fingerprint density at radius 2 is 1.95 bits per heavy atom. The Kier molecular flexibility index (Phi) is 6.75. The summed E-state index contributed by atoms with van der Waals surface area (Å²) in [7, 11) is 0. The van der Waals surface area contributed by atoms with Gasteiger partial charge in [0.1, 0.15) is 11.5 Å². The van der Waals surface area contributed by atoms with E-state index >= 15 is 0 Å². The van der Waals surface area contributed by atoms with E-state index in [0.717, 1.165) is 22.5 Å². The summed E-state index contributed by atoms with van der Waals surface area (Å²) < 4.78 is 18.6. The number of halogens is 1. The molecule has 202 valence electrons. The second-order valence-electron chi connectivity index (χ2n) is 9.63. The maximum atomic E-state index is 15.0. The number of fused-ring (bicyclic) bond motifs is 1. The minimum absolute atomic E-state index is 0.0835. The highest BCUT2D eigenvalue weighted by molar-refractivity contribution is 6.04. The van der Waals surface area contributed by atoms with Gasteiger partial charge >= 0.3 is 0 Å². The predicted octanol–water partition coefficient (Wildman–Crippen LogP) is 5.45. The number of nitrogens with one attached hydrogen (secondary N) is 3. The lowest BCUT2D eigenvalue weighted by molar-refractivity contribution is 0.102. The average molecular weight is 545 g/mol. The van der Waals surface area contributed by atoms with Crippen molar-refractivity contribution in [3.8, 4) is 11.8 Å². The lowest BCUT2D eigenvalue weighted by Gasteiger charge is -2.11. The van der Waals surface area contributed by atoms with Gasteiger partial charge < -0.3 is 10.6 Å². The molecule has 0 aliphatic heterocycles. The second kappa shape index (κ2) is 10.8. The molecule has 0 bridgehead atoms. The summed E-state index contributed by atoms with van der Waals surface area (Å²) in [6.07, 6.45) is 10.6. The van der Waals surface area contributed by atoms with Crippen LogP contribution < -0.4 is 10.6 Å². The Labute approximate surface area is 235 Å². The van der Waals surface area contributed by atoms with Crippen LogP contribution in [0.4, 0.5) is 21.5 Å². The van der Waals surface area contributed by atoms with E-state index in [4.69, 9.17) is 0 Å². The van der Waals surface area contributed by atoms with Crippen LogP contribution in [0.15, 0.2) is 85.7 Å². The fraction of sp³-hybridized carbons (Fsp3) is 0.0968. The molecule has 1 amide bonds. The number of pyridine rings is 1. The molecule has 0 saturated carbocycles. The summed E-state index contributed by atoms with van der Waals surface area (Å²) in [5.74, 6) is 5.06. The number of aromatic amines is 1. The number of carbonyl (C=O) groups is 1. The molecule has 0 saturated heterocycles. The van der Waals surface area contributed by atoms with Crippen molar-refractivity contribution in [2.45, 2.75) is 20.4 Å². The number of aryl methyl sites for hydroxylation is 2. The number of anilines is 3. The van der Waals surface area contributed by atoms with E-state index in [0.29, 0.717) is 34.7 Å². The summed E-state index contributed by atoms with van der Waals surface area (Å²) in [6, 6.07) is 14.2. The molecule has 0 aliphatic carbocycles. The van der Waals surface area contributed by atoms with Crippen molar-refractivity contribution in [2.75, 3.05) is 10.6 Å². The number of benzene rings is 2. The zero-order valence-corrected chi connectivity index (χ0v) is 22.3. The van der Waals surface area contributed by atoms with E-state index in [1.54, 1.807) is 36.4 Å². The number of H-pyrrole nitrogens is 1. The second-order valence-corrected chi connectivity index (χ2v) is 9.63. The van der Waals surface area contributed by atoms with E-state index < -0.39 is 11.7 Å². The monoisotopic (exact) mass is 544 g/mol.